The van der Waals surface area contributed by atoms with Gasteiger partial charge in [0.1, 0.15) is 5.76 Å². The van der Waals surface area contributed by atoms with Gasteiger partial charge in [-0.2, -0.15) is 0 Å². The number of hydrogen-bond donors (Lipinski definition) is 0. The van der Waals surface area contributed by atoms with E-state index in [2.05, 4.69) is 13.5 Å². The lowest BCUT2D eigenvalue weighted by molar-refractivity contribution is 0.527. The van der Waals surface area contributed by atoms with Crippen molar-refractivity contribution in [1.82, 2.24) is 0 Å². The van der Waals surface area contributed by atoms with Gasteiger partial charge in [-0.1, -0.05) is 19.4 Å². The average molecular weight is 178 g/mol. The largest absolute Gasteiger partial charge is 0.469 e. The Balaban J connectivity index is 2.74. The summed E-state index contributed by atoms with van der Waals surface area (Å²) in [6, 6.07) is 0. The molecule has 1 heteroatoms. The van der Waals surface area contributed by atoms with Gasteiger partial charge in [0.15, 0.2) is 0 Å². The summed E-state index contributed by atoms with van der Waals surface area (Å²) < 4.78 is 5.40. The molecule has 0 radical (unpaired) electrons. The molecule has 0 N–H and O–H groups in total. The fourth-order valence-corrected chi connectivity index (χ4v) is 1.54. The molecule has 0 spiro atoms. The van der Waals surface area contributed by atoms with Gasteiger partial charge in [0, 0.05) is 0 Å². The quantitative estimate of drug-likeness (QED) is 0.627. The molecule has 0 aliphatic heterocycles. The predicted octanol–water partition coefficient (Wildman–Crippen LogP) is 3.66. The third-order valence-corrected chi connectivity index (χ3v) is 2.34. The maximum absolute atomic E-state index is 5.40. The van der Waals surface area contributed by atoms with Crippen LogP contribution in [0.5, 0.6) is 0 Å². The summed E-state index contributed by atoms with van der Waals surface area (Å²) in [5.74, 6) is 1.07. The van der Waals surface area contributed by atoms with Gasteiger partial charge in [-0.15, -0.1) is 6.58 Å². The number of hydrogen-bond acceptors (Lipinski definition) is 1. The molecule has 0 saturated carbocycles. The zero-order valence-electron chi connectivity index (χ0n) is 8.60. The number of furan rings is 1. The number of allylic oxidation sites excluding steroid dienone is 1. The van der Waals surface area contributed by atoms with Crippen molar-refractivity contribution >= 4 is 0 Å². The molecule has 0 bridgehead atoms. The topological polar surface area (TPSA) is 13.1 Å². The minimum atomic E-state index is 0.927. The lowest BCUT2D eigenvalue weighted by Gasteiger charge is -2.00. The summed E-state index contributed by atoms with van der Waals surface area (Å²) >= 11 is 0. The lowest BCUT2D eigenvalue weighted by Crippen LogP contribution is -1.90. The highest BCUT2D eigenvalue weighted by molar-refractivity contribution is 5.29. The summed E-state index contributed by atoms with van der Waals surface area (Å²) in [6.45, 7) is 8.00. The fourth-order valence-electron chi connectivity index (χ4n) is 1.54. The molecule has 1 heterocycles. The first-order valence-corrected chi connectivity index (χ1v) is 4.96. The highest BCUT2D eigenvalue weighted by Gasteiger charge is 2.07. The van der Waals surface area contributed by atoms with Crippen LogP contribution in [-0.2, 0) is 12.8 Å². The second-order valence-electron chi connectivity index (χ2n) is 3.39. The van der Waals surface area contributed by atoms with Crippen molar-refractivity contribution in [2.75, 3.05) is 0 Å². The third kappa shape index (κ3) is 2.48. The van der Waals surface area contributed by atoms with Crippen LogP contribution in [0.2, 0.25) is 0 Å². The highest BCUT2D eigenvalue weighted by atomic mass is 16.3. The van der Waals surface area contributed by atoms with Crippen LogP contribution >= 0.6 is 0 Å². The van der Waals surface area contributed by atoms with Crippen LogP contribution in [0.4, 0.5) is 0 Å². The molecular formula is C12H18O. The zero-order chi connectivity index (χ0) is 9.68. The first-order chi connectivity index (χ1) is 6.29. The number of aryl methyl sites for hydroxylation is 1. The first-order valence-electron chi connectivity index (χ1n) is 4.96. The summed E-state index contributed by atoms with van der Waals surface area (Å²) in [5, 5.41) is 0. The van der Waals surface area contributed by atoms with E-state index in [4.69, 9.17) is 4.42 Å². The van der Waals surface area contributed by atoms with E-state index in [1.807, 2.05) is 19.3 Å². The second kappa shape index (κ2) is 4.90. The van der Waals surface area contributed by atoms with Gasteiger partial charge in [0.25, 0.3) is 0 Å². The molecule has 72 valence electrons. The predicted molar refractivity (Wildman–Crippen MR) is 56.0 cm³/mol. The maximum Gasteiger partial charge on any atom is 0.104 e. The Kier molecular flexibility index (Phi) is 3.81. The molecule has 0 fully saturated rings. The Morgan fingerprint density at radius 2 is 2.31 bits per heavy atom. The smallest absolute Gasteiger partial charge is 0.104 e. The van der Waals surface area contributed by atoms with E-state index in [1.165, 1.54) is 24.0 Å². The third-order valence-electron chi connectivity index (χ3n) is 2.34. The second-order valence-corrected chi connectivity index (χ2v) is 3.39. The van der Waals surface area contributed by atoms with Crippen molar-refractivity contribution in [1.29, 1.82) is 0 Å². The average Bonchev–Trinajstić information content (AvgIpc) is 2.45. The molecular weight excluding hydrogens is 160 g/mol. The van der Waals surface area contributed by atoms with Crippen LogP contribution in [0, 0.1) is 6.92 Å². The number of unbranched alkanes of at least 4 members (excludes halogenated alkanes) is 1. The van der Waals surface area contributed by atoms with E-state index in [-0.39, 0.29) is 0 Å². The molecule has 1 rings (SSSR count). The highest BCUT2D eigenvalue weighted by Crippen LogP contribution is 2.19. The van der Waals surface area contributed by atoms with Crippen molar-refractivity contribution in [3.63, 3.8) is 0 Å². The Hall–Kier alpha value is -0.980. The zero-order valence-corrected chi connectivity index (χ0v) is 8.60. The molecule has 0 amide bonds. The normalized spacial score (nSPS) is 10.3. The lowest BCUT2D eigenvalue weighted by atomic mass is 10.0. The van der Waals surface area contributed by atoms with Crippen LogP contribution in [0.15, 0.2) is 23.3 Å². The monoisotopic (exact) mass is 178 g/mol. The van der Waals surface area contributed by atoms with Gasteiger partial charge in [0.05, 0.1) is 6.26 Å². The summed E-state index contributed by atoms with van der Waals surface area (Å²) in [6.07, 6.45) is 8.34. The van der Waals surface area contributed by atoms with Crippen molar-refractivity contribution in [3.8, 4) is 0 Å². The Bertz CT molecular complexity index is 271. The molecule has 0 atom stereocenters. The molecule has 1 nitrogen and oxygen atoms in total. The van der Waals surface area contributed by atoms with E-state index in [0.717, 1.165) is 18.6 Å². The van der Waals surface area contributed by atoms with Crippen molar-refractivity contribution in [2.24, 2.45) is 0 Å². The van der Waals surface area contributed by atoms with Crippen LogP contribution in [0.1, 0.15) is 36.7 Å². The van der Waals surface area contributed by atoms with Gasteiger partial charge < -0.3 is 4.42 Å². The fraction of sp³-hybridized carbons (Fsp3) is 0.500. The standard InChI is InChI=1S/C12H18O/c1-4-6-8-12-10(3)13-9-11(12)7-5-2/h5,9H,2,4,6-8H2,1,3H3. The minimum absolute atomic E-state index is 0.927. The molecule has 0 saturated heterocycles. The van der Waals surface area contributed by atoms with E-state index in [9.17, 15) is 0 Å². The summed E-state index contributed by atoms with van der Waals surface area (Å²) in [5.41, 5.74) is 2.70. The van der Waals surface area contributed by atoms with E-state index in [0.29, 0.717) is 0 Å². The van der Waals surface area contributed by atoms with Gasteiger partial charge >= 0.3 is 0 Å². The summed E-state index contributed by atoms with van der Waals surface area (Å²) in [4.78, 5) is 0. The van der Waals surface area contributed by atoms with Crippen molar-refractivity contribution in [3.05, 3.63) is 35.8 Å². The van der Waals surface area contributed by atoms with E-state index in [1.54, 1.807) is 0 Å². The molecule has 0 aromatic carbocycles. The van der Waals surface area contributed by atoms with Gasteiger partial charge in [-0.25, -0.2) is 0 Å². The van der Waals surface area contributed by atoms with Crippen molar-refractivity contribution in [2.45, 2.75) is 39.5 Å². The van der Waals surface area contributed by atoms with Gasteiger partial charge in [0.2, 0.25) is 0 Å². The number of rotatable bonds is 5. The molecule has 0 unspecified atom stereocenters. The van der Waals surface area contributed by atoms with Gasteiger partial charge in [-0.05, 0) is 37.3 Å². The van der Waals surface area contributed by atoms with Crippen molar-refractivity contribution < 1.29 is 4.42 Å². The Labute approximate surface area is 80.5 Å². The molecule has 1 aromatic rings. The van der Waals surface area contributed by atoms with Crippen LogP contribution in [-0.4, -0.2) is 0 Å². The molecule has 0 aliphatic carbocycles. The SMILES string of the molecule is C=CCc1coc(C)c1CCCC. The first kappa shape index (κ1) is 10.1. The van der Waals surface area contributed by atoms with Crippen LogP contribution < -0.4 is 0 Å². The molecule has 13 heavy (non-hydrogen) atoms. The minimum Gasteiger partial charge on any atom is -0.469 e. The van der Waals surface area contributed by atoms with Crippen LogP contribution in [0.3, 0.4) is 0 Å². The summed E-state index contributed by atoms with van der Waals surface area (Å²) in [7, 11) is 0. The molecule has 0 aliphatic rings. The van der Waals surface area contributed by atoms with E-state index >= 15 is 0 Å². The maximum atomic E-state index is 5.40. The van der Waals surface area contributed by atoms with Gasteiger partial charge in [-0.3, -0.25) is 0 Å². The molecule has 1 aromatic heterocycles. The Morgan fingerprint density at radius 1 is 1.54 bits per heavy atom. The van der Waals surface area contributed by atoms with E-state index < -0.39 is 0 Å². The van der Waals surface area contributed by atoms with Crippen LogP contribution in [0.25, 0.3) is 0 Å². The Morgan fingerprint density at radius 3 is 2.92 bits per heavy atom.